The second-order valence-electron chi connectivity index (χ2n) is 7.04. The average molecular weight is 371 g/mol. The number of nitrogens with one attached hydrogen (secondary N) is 2. The molecule has 4 nitrogen and oxygen atoms in total. The van der Waals surface area contributed by atoms with E-state index in [2.05, 4.69) is 56.5 Å². The molecule has 0 aromatic heterocycles. The molecule has 0 unspecified atom stereocenters. The summed E-state index contributed by atoms with van der Waals surface area (Å²) in [5.74, 6) is 1.92. The Morgan fingerprint density at radius 1 is 1.00 bits per heavy atom. The zero-order chi connectivity index (χ0) is 18.7. The molecule has 1 heterocycles. The number of hydrogen-bond donors (Lipinski definition) is 2. The van der Waals surface area contributed by atoms with E-state index in [-0.39, 0.29) is 6.04 Å². The Labute approximate surface area is 160 Å². The topological polar surface area (TPSA) is 42.5 Å². The summed E-state index contributed by atoms with van der Waals surface area (Å²) in [6.45, 7) is 9.82. The third-order valence-electron chi connectivity index (χ3n) is 4.51. The molecule has 0 radical (unpaired) electrons. The van der Waals surface area contributed by atoms with Crippen LogP contribution in [0.2, 0.25) is 0 Å². The molecule has 5 heteroatoms. The predicted octanol–water partition coefficient (Wildman–Crippen LogP) is 4.76. The Morgan fingerprint density at radius 2 is 1.73 bits per heavy atom. The molecule has 0 bridgehead atoms. The van der Waals surface area contributed by atoms with Crippen LogP contribution in [0.15, 0.2) is 36.4 Å². The number of benzene rings is 2. The first-order chi connectivity index (χ1) is 12.4. The first-order valence-electron chi connectivity index (χ1n) is 8.98. The smallest absolute Gasteiger partial charge is 0.171 e. The Balaban J connectivity index is 1.72. The van der Waals surface area contributed by atoms with Crippen molar-refractivity contribution in [3.05, 3.63) is 53.1 Å². The number of hydrogen-bond acceptors (Lipinski definition) is 3. The van der Waals surface area contributed by atoms with Crippen molar-refractivity contribution in [2.24, 2.45) is 5.92 Å². The number of thiocarbonyl (C=S) groups is 1. The molecule has 1 aliphatic rings. The van der Waals surface area contributed by atoms with E-state index >= 15 is 0 Å². The molecule has 2 N–H and O–H groups in total. The summed E-state index contributed by atoms with van der Waals surface area (Å²) in [6, 6.07) is 12.5. The average Bonchev–Trinajstić information content (AvgIpc) is 2.60. The van der Waals surface area contributed by atoms with Crippen LogP contribution < -0.4 is 20.1 Å². The lowest BCUT2D eigenvalue weighted by atomic mass is 9.92. The maximum atomic E-state index is 5.63. The molecule has 2 aromatic carbocycles. The van der Waals surface area contributed by atoms with Crippen molar-refractivity contribution in [2.45, 2.75) is 33.7 Å². The van der Waals surface area contributed by atoms with Crippen LogP contribution in [-0.2, 0) is 0 Å². The molecule has 0 aliphatic carbocycles. The summed E-state index contributed by atoms with van der Waals surface area (Å²) in [4.78, 5) is 0. The van der Waals surface area contributed by atoms with E-state index in [0.29, 0.717) is 24.2 Å². The number of anilines is 1. The second kappa shape index (κ2) is 7.96. The highest BCUT2D eigenvalue weighted by Crippen LogP contribution is 2.32. The van der Waals surface area contributed by atoms with Crippen LogP contribution in [0, 0.1) is 19.8 Å². The molecular formula is C21H26N2O2S. The zero-order valence-corrected chi connectivity index (χ0v) is 16.6. The molecule has 1 aliphatic heterocycles. The van der Waals surface area contributed by atoms with Crippen molar-refractivity contribution in [1.82, 2.24) is 5.32 Å². The SMILES string of the molecule is Cc1ccc([C@H](NC(=S)Nc2ccc3c(c2)OCCO3)C(C)C)c(C)c1. The minimum atomic E-state index is 0.146. The first kappa shape index (κ1) is 18.5. The summed E-state index contributed by atoms with van der Waals surface area (Å²) < 4.78 is 11.2. The third-order valence-corrected chi connectivity index (χ3v) is 4.73. The lowest BCUT2D eigenvalue weighted by Crippen LogP contribution is -2.35. The highest BCUT2D eigenvalue weighted by molar-refractivity contribution is 7.80. The van der Waals surface area contributed by atoms with Gasteiger partial charge in [-0.2, -0.15) is 0 Å². The van der Waals surface area contributed by atoms with E-state index in [1.54, 1.807) is 0 Å². The number of rotatable bonds is 4. The van der Waals surface area contributed by atoms with Crippen molar-refractivity contribution in [3.63, 3.8) is 0 Å². The normalized spacial score (nSPS) is 14.0. The first-order valence-corrected chi connectivity index (χ1v) is 9.39. The van der Waals surface area contributed by atoms with Gasteiger partial charge < -0.3 is 20.1 Å². The van der Waals surface area contributed by atoms with Crippen molar-refractivity contribution in [2.75, 3.05) is 18.5 Å². The fourth-order valence-corrected chi connectivity index (χ4v) is 3.45. The van der Waals surface area contributed by atoms with Crippen LogP contribution in [0.5, 0.6) is 11.5 Å². The molecule has 26 heavy (non-hydrogen) atoms. The van der Waals surface area contributed by atoms with Gasteiger partial charge in [-0.25, -0.2) is 0 Å². The molecule has 138 valence electrons. The standard InChI is InChI=1S/C21H26N2O2S/c1-13(2)20(17-7-5-14(3)11-15(17)4)23-21(26)22-16-6-8-18-19(12-16)25-10-9-24-18/h5-8,11-13,20H,9-10H2,1-4H3,(H2,22,23,26)/t20-/m1/s1. The van der Waals surface area contributed by atoms with Crippen molar-refractivity contribution in [1.29, 1.82) is 0 Å². The number of ether oxygens (including phenoxy) is 2. The van der Waals surface area contributed by atoms with Crippen LogP contribution in [0.3, 0.4) is 0 Å². The molecule has 0 spiro atoms. The molecular weight excluding hydrogens is 344 g/mol. The van der Waals surface area contributed by atoms with Crippen molar-refractivity contribution in [3.8, 4) is 11.5 Å². The minimum absolute atomic E-state index is 0.146. The molecule has 2 aromatic rings. The van der Waals surface area contributed by atoms with Gasteiger partial charge in [0.1, 0.15) is 13.2 Å². The fourth-order valence-electron chi connectivity index (χ4n) is 3.21. The number of fused-ring (bicyclic) bond motifs is 1. The Kier molecular flexibility index (Phi) is 5.67. The van der Waals surface area contributed by atoms with Gasteiger partial charge in [-0.15, -0.1) is 0 Å². The predicted molar refractivity (Wildman–Crippen MR) is 110 cm³/mol. The third kappa shape index (κ3) is 4.28. The monoisotopic (exact) mass is 370 g/mol. The van der Waals surface area contributed by atoms with Gasteiger partial charge in [-0.1, -0.05) is 37.6 Å². The van der Waals surface area contributed by atoms with Gasteiger partial charge in [0.15, 0.2) is 16.6 Å². The van der Waals surface area contributed by atoms with E-state index in [1.165, 1.54) is 16.7 Å². The summed E-state index contributed by atoms with van der Waals surface area (Å²) in [5.41, 5.74) is 4.70. The van der Waals surface area contributed by atoms with Gasteiger partial charge in [0.2, 0.25) is 0 Å². The van der Waals surface area contributed by atoms with Gasteiger partial charge in [0.05, 0.1) is 6.04 Å². The summed E-state index contributed by atoms with van der Waals surface area (Å²) in [7, 11) is 0. The Bertz CT molecular complexity index is 805. The summed E-state index contributed by atoms with van der Waals surface area (Å²) in [6.07, 6.45) is 0. The van der Waals surface area contributed by atoms with Gasteiger partial charge in [-0.3, -0.25) is 0 Å². The molecule has 1 atom stereocenters. The number of aryl methyl sites for hydroxylation is 2. The fraction of sp³-hybridized carbons (Fsp3) is 0.381. The zero-order valence-electron chi connectivity index (χ0n) is 15.8. The molecule has 3 rings (SSSR count). The lowest BCUT2D eigenvalue weighted by Gasteiger charge is -2.26. The summed E-state index contributed by atoms with van der Waals surface area (Å²) >= 11 is 5.56. The quantitative estimate of drug-likeness (QED) is 0.760. The molecule has 0 amide bonds. The van der Waals surface area contributed by atoms with Crippen LogP contribution in [0.4, 0.5) is 5.69 Å². The highest BCUT2D eigenvalue weighted by atomic mass is 32.1. The Morgan fingerprint density at radius 3 is 2.42 bits per heavy atom. The molecule has 0 saturated heterocycles. The van der Waals surface area contributed by atoms with E-state index < -0.39 is 0 Å². The van der Waals surface area contributed by atoms with E-state index in [1.807, 2.05) is 18.2 Å². The van der Waals surface area contributed by atoms with Crippen LogP contribution in [-0.4, -0.2) is 18.3 Å². The van der Waals surface area contributed by atoms with Gasteiger partial charge in [0, 0.05) is 11.8 Å². The van der Waals surface area contributed by atoms with Gasteiger partial charge in [0.25, 0.3) is 0 Å². The maximum Gasteiger partial charge on any atom is 0.171 e. The second-order valence-corrected chi connectivity index (χ2v) is 7.45. The highest BCUT2D eigenvalue weighted by Gasteiger charge is 2.19. The van der Waals surface area contributed by atoms with E-state index in [4.69, 9.17) is 21.7 Å². The molecule has 0 saturated carbocycles. The van der Waals surface area contributed by atoms with Gasteiger partial charge >= 0.3 is 0 Å². The largest absolute Gasteiger partial charge is 0.486 e. The minimum Gasteiger partial charge on any atom is -0.486 e. The van der Waals surface area contributed by atoms with Gasteiger partial charge in [-0.05, 0) is 55.2 Å². The van der Waals surface area contributed by atoms with E-state index in [0.717, 1.165) is 17.2 Å². The Hall–Kier alpha value is -2.27. The van der Waals surface area contributed by atoms with Crippen molar-refractivity contribution < 1.29 is 9.47 Å². The summed E-state index contributed by atoms with van der Waals surface area (Å²) in [5, 5.41) is 7.33. The van der Waals surface area contributed by atoms with Crippen LogP contribution in [0.25, 0.3) is 0 Å². The lowest BCUT2D eigenvalue weighted by molar-refractivity contribution is 0.171. The van der Waals surface area contributed by atoms with E-state index in [9.17, 15) is 0 Å². The van der Waals surface area contributed by atoms with Crippen LogP contribution in [0.1, 0.15) is 36.6 Å². The maximum absolute atomic E-state index is 5.63. The van der Waals surface area contributed by atoms with Crippen LogP contribution >= 0.6 is 12.2 Å². The van der Waals surface area contributed by atoms with Crippen molar-refractivity contribution >= 4 is 23.0 Å². The molecule has 0 fully saturated rings.